The summed E-state index contributed by atoms with van der Waals surface area (Å²) in [5, 5.41) is 3.76. The van der Waals surface area contributed by atoms with Gasteiger partial charge in [0.1, 0.15) is 40.6 Å². The smallest absolute Gasteiger partial charge is 0.422 e. The minimum absolute atomic E-state index is 0.104. The molecule has 0 saturated heterocycles. The third-order valence-corrected chi connectivity index (χ3v) is 5.74. The summed E-state index contributed by atoms with van der Waals surface area (Å²) >= 11 is 0. The Kier molecular flexibility index (Phi) is 6.24. The quantitative estimate of drug-likeness (QED) is 0.287. The molecule has 0 radical (unpaired) electrons. The maximum absolute atomic E-state index is 14.7. The number of nitrogens with one attached hydrogen (secondary N) is 2. The first-order valence-corrected chi connectivity index (χ1v) is 11.3. The molecule has 1 unspecified atom stereocenters. The van der Waals surface area contributed by atoms with Crippen LogP contribution in [-0.4, -0.2) is 37.3 Å². The maximum atomic E-state index is 14.7. The molecule has 3 aromatic heterocycles. The zero-order valence-electron chi connectivity index (χ0n) is 19.4. The van der Waals surface area contributed by atoms with E-state index < -0.39 is 30.2 Å². The number of H-pyrrole nitrogens is 1. The molecule has 0 amide bonds. The van der Waals surface area contributed by atoms with Crippen molar-refractivity contribution in [2.45, 2.75) is 25.6 Å². The van der Waals surface area contributed by atoms with Gasteiger partial charge in [0, 0.05) is 12.3 Å². The zero-order chi connectivity index (χ0) is 26.2. The second-order valence-electron chi connectivity index (χ2n) is 8.21. The fourth-order valence-corrected chi connectivity index (χ4v) is 4.07. The SMILES string of the molecule is CCC(Nc1ncnc2[nH]ccc12)c1nc2cccc(F)c2c(=O)n1-c1cccc(OCC(F)(F)F)c1. The summed E-state index contributed by atoms with van der Waals surface area (Å²) in [5.74, 6) is -0.154. The van der Waals surface area contributed by atoms with Crippen LogP contribution in [0.2, 0.25) is 0 Å². The van der Waals surface area contributed by atoms with Gasteiger partial charge in [0.15, 0.2) is 6.61 Å². The number of ether oxygens (including phenoxy) is 1. The van der Waals surface area contributed by atoms with Crippen LogP contribution in [0.5, 0.6) is 5.75 Å². The molecule has 190 valence electrons. The van der Waals surface area contributed by atoms with Gasteiger partial charge in [0.25, 0.3) is 5.56 Å². The molecule has 0 fully saturated rings. The van der Waals surface area contributed by atoms with E-state index in [0.717, 1.165) is 6.07 Å². The van der Waals surface area contributed by atoms with Crippen LogP contribution in [0.1, 0.15) is 25.2 Å². The Morgan fingerprint density at radius 1 is 1.14 bits per heavy atom. The third kappa shape index (κ3) is 4.82. The van der Waals surface area contributed by atoms with E-state index in [0.29, 0.717) is 23.3 Å². The highest BCUT2D eigenvalue weighted by molar-refractivity contribution is 5.87. The highest BCUT2D eigenvalue weighted by Gasteiger charge is 2.29. The summed E-state index contributed by atoms with van der Waals surface area (Å²) < 4.78 is 58.9. The normalized spacial score (nSPS) is 12.7. The van der Waals surface area contributed by atoms with Crippen LogP contribution in [0.4, 0.5) is 23.4 Å². The van der Waals surface area contributed by atoms with Gasteiger partial charge in [-0.3, -0.25) is 9.36 Å². The number of halogens is 4. The predicted octanol–water partition coefficient (Wildman–Crippen LogP) is 5.30. The van der Waals surface area contributed by atoms with E-state index in [4.69, 9.17) is 4.74 Å². The summed E-state index contributed by atoms with van der Waals surface area (Å²) in [6, 6.07) is 10.9. The van der Waals surface area contributed by atoms with Crippen molar-refractivity contribution in [3.63, 3.8) is 0 Å². The van der Waals surface area contributed by atoms with Crippen LogP contribution in [-0.2, 0) is 0 Å². The number of aromatic nitrogens is 5. The van der Waals surface area contributed by atoms with Crippen LogP contribution < -0.4 is 15.6 Å². The molecule has 3 heterocycles. The molecular formula is C25H20F4N6O2. The van der Waals surface area contributed by atoms with Crippen molar-refractivity contribution in [1.29, 1.82) is 0 Å². The molecule has 5 rings (SSSR count). The van der Waals surface area contributed by atoms with Crippen LogP contribution in [0.25, 0.3) is 27.6 Å². The van der Waals surface area contributed by atoms with Crippen molar-refractivity contribution in [2.75, 3.05) is 11.9 Å². The van der Waals surface area contributed by atoms with Crippen molar-refractivity contribution in [3.05, 3.63) is 83.1 Å². The summed E-state index contributed by atoms with van der Waals surface area (Å²) in [6.07, 6.45) is -1.01. The van der Waals surface area contributed by atoms with E-state index in [1.807, 2.05) is 6.92 Å². The van der Waals surface area contributed by atoms with Gasteiger partial charge in [0.05, 0.1) is 22.6 Å². The number of alkyl halides is 3. The lowest BCUT2D eigenvalue weighted by molar-refractivity contribution is -0.153. The average molecular weight is 512 g/mol. The van der Waals surface area contributed by atoms with Crippen molar-refractivity contribution >= 4 is 27.8 Å². The topological polar surface area (TPSA) is 97.7 Å². The van der Waals surface area contributed by atoms with Gasteiger partial charge in [-0.15, -0.1) is 0 Å². The largest absolute Gasteiger partial charge is 0.484 e. The number of rotatable bonds is 7. The second kappa shape index (κ2) is 9.52. The van der Waals surface area contributed by atoms with Crippen molar-refractivity contribution in [2.24, 2.45) is 0 Å². The lowest BCUT2D eigenvalue weighted by Crippen LogP contribution is -2.29. The van der Waals surface area contributed by atoms with Gasteiger partial charge in [-0.05, 0) is 36.8 Å². The minimum atomic E-state index is -4.54. The Morgan fingerprint density at radius 3 is 2.73 bits per heavy atom. The predicted molar refractivity (Wildman–Crippen MR) is 129 cm³/mol. The highest BCUT2D eigenvalue weighted by atomic mass is 19.4. The molecule has 2 N–H and O–H groups in total. The number of benzene rings is 2. The molecule has 0 bridgehead atoms. The molecule has 5 aromatic rings. The van der Waals surface area contributed by atoms with Gasteiger partial charge in [-0.2, -0.15) is 13.2 Å². The Balaban J connectivity index is 1.67. The lowest BCUT2D eigenvalue weighted by atomic mass is 10.1. The molecule has 0 aliphatic heterocycles. The van der Waals surface area contributed by atoms with Crippen LogP contribution in [0.15, 0.2) is 65.8 Å². The minimum Gasteiger partial charge on any atom is -0.484 e. The molecule has 8 nitrogen and oxygen atoms in total. The van der Waals surface area contributed by atoms with Gasteiger partial charge in [0.2, 0.25) is 0 Å². The van der Waals surface area contributed by atoms with E-state index >= 15 is 0 Å². The number of hydrogen-bond donors (Lipinski definition) is 2. The third-order valence-electron chi connectivity index (χ3n) is 5.74. The number of nitrogens with zero attached hydrogens (tertiary/aromatic N) is 4. The fourth-order valence-electron chi connectivity index (χ4n) is 4.07. The van der Waals surface area contributed by atoms with Crippen LogP contribution in [0.3, 0.4) is 0 Å². The number of aromatic amines is 1. The second-order valence-corrected chi connectivity index (χ2v) is 8.21. The Morgan fingerprint density at radius 2 is 1.95 bits per heavy atom. The van der Waals surface area contributed by atoms with Crippen molar-refractivity contribution < 1.29 is 22.3 Å². The first-order valence-electron chi connectivity index (χ1n) is 11.3. The molecule has 0 saturated carbocycles. The molecule has 1 atom stereocenters. The average Bonchev–Trinajstić information content (AvgIpc) is 3.35. The van der Waals surface area contributed by atoms with Gasteiger partial charge in [-0.1, -0.05) is 19.1 Å². The first kappa shape index (κ1) is 24.2. The van der Waals surface area contributed by atoms with Crippen molar-refractivity contribution in [3.8, 4) is 11.4 Å². The molecule has 12 heteroatoms. The summed E-state index contributed by atoms with van der Waals surface area (Å²) in [5.41, 5.74) is 0.219. The number of anilines is 1. The Labute approximate surface area is 207 Å². The monoisotopic (exact) mass is 512 g/mol. The molecule has 37 heavy (non-hydrogen) atoms. The molecule has 0 aliphatic carbocycles. The summed E-state index contributed by atoms with van der Waals surface area (Å²) in [4.78, 5) is 29.7. The standard InChI is InChI=1S/C25H20F4N6O2/c1-2-18(33-22-16-9-10-30-21(16)31-13-32-22)23-34-19-8-4-7-17(26)20(19)24(36)35(23)14-5-3-6-15(11-14)37-12-25(27,28)29/h3-11,13,18H,2,12H2,1H3,(H2,30,31,32,33). The number of fused-ring (bicyclic) bond motifs is 2. The lowest BCUT2D eigenvalue weighted by Gasteiger charge is -2.22. The Bertz CT molecular complexity index is 1650. The molecular weight excluding hydrogens is 492 g/mol. The molecule has 2 aromatic carbocycles. The van der Waals surface area contributed by atoms with Crippen LogP contribution in [0, 0.1) is 5.82 Å². The Hall–Kier alpha value is -4.48. The van der Waals surface area contributed by atoms with E-state index in [9.17, 15) is 22.4 Å². The van der Waals surface area contributed by atoms with Crippen LogP contribution >= 0.6 is 0 Å². The fraction of sp³-hybridized carbons (Fsp3) is 0.200. The zero-order valence-corrected chi connectivity index (χ0v) is 19.4. The molecule has 0 aliphatic rings. The van der Waals surface area contributed by atoms with E-state index in [1.165, 1.54) is 47.3 Å². The maximum Gasteiger partial charge on any atom is 0.422 e. The first-order chi connectivity index (χ1) is 17.7. The van der Waals surface area contributed by atoms with E-state index in [-0.39, 0.29) is 28.2 Å². The summed E-state index contributed by atoms with van der Waals surface area (Å²) in [7, 11) is 0. The number of hydrogen-bond acceptors (Lipinski definition) is 6. The molecule has 0 spiro atoms. The summed E-state index contributed by atoms with van der Waals surface area (Å²) in [6.45, 7) is 0.366. The van der Waals surface area contributed by atoms with Gasteiger partial charge >= 0.3 is 6.18 Å². The highest BCUT2D eigenvalue weighted by Crippen LogP contribution is 2.28. The van der Waals surface area contributed by atoms with E-state index in [2.05, 4.69) is 25.3 Å². The van der Waals surface area contributed by atoms with Gasteiger partial charge in [-0.25, -0.2) is 19.3 Å². The van der Waals surface area contributed by atoms with Crippen molar-refractivity contribution in [1.82, 2.24) is 24.5 Å². The van der Waals surface area contributed by atoms with E-state index in [1.54, 1.807) is 12.3 Å². The van der Waals surface area contributed by atoms with Gasteiger partial charge < -0.3 is 15.0 Å².